The van der Waals surface area contributed by atoms with E-state index >= 15 is 0 Å². The molecule has 0 aliphatic heterocycles. The summed E-state index contributed by atoms with van der Waals surface area (Å²) in [5, 5.41) is 10.9. The lowest BCUT2D eigenvalue weighted by atomic mass is 10.0. The van der Waals surface area contributed by atoms with Crippen LogP contribution >= 0.6 is 0 Å². The average molecular weight is 569 g/mol. The van der Waals surface area contributed by atoms with E-state index in [-0.39, 0.29) is 12.5 Å². The van der Waals surface area contributed by atoms with Gasteiger partial charge in [-0.15, -0.1) is 0 Å². The highest BCUT2D eigenvalue weighted by Crippen LogP contribution is 2.15. The van der Waals surface area contributed by atoms with E-state index in [1.807, 2.05) is 0 Å². The molecule has 0 saturated heterocycles. The zero-order valence-corrected chi connectivity index (χ0v) is 27.8. The van der Waals surface area contributed by atoms with E-state index in [2.05, 4.69) is 19.2 Å². The second-order valence-electron chi connectivity index (χ2n) is 12.2. The number of nitrogens with two attached hydrogens (primary N) is 1. The van der Waals surface area contributed by atoms with Crippen molar-refractivity contribution in [2.24, 2.45) is 5.73 Å². The van der Waals surface area contributed by atoms with Gasteiger partial charge in [-0.25, -0.2) is 0 Å². The van der Waals surface area contributed by atoms with Crippen LogP contribution in [-0.2, 0) is 4.79 Å². The molecule has 1 amide bonds. The molecule has 0 rings (SSSR count). The van der Waals surface area contributed by atoms with Crippen LogP contribution < -0.4 is 11.1 Å². The van der Waals surface area contributed by atoms with Crippen LogP contribution in [0.15, 0.2) is 0 Å². The predicted molar refractivity (Wildman–Crippen MR) is 179 cm³/mol. The van der Waals surface area contributed by atoms with Crippen molar-refractivity contribution in [1.29, 1.82) is 0 Å². The Hall–Kier alpha value is -0.610. The van der Waals surface area contributed by atoms with Crippen LogP contribution in [0.1, 0.15) is 206 Å². The van der Waals surface area contributed by atoms with Gasteiger partial charge in [0.05, 0.1) is 6.61 Å². The molecule has 0 bridgehead atoms. The molecular formula is C36H76N2O2. The maximum atomic E-state index is 12.0. The number of hydrogen-bond donors (Lipinski definition) is 3. The third-order valence-electron chi connectivity index (χ3n) is 7.99. The van der Waals surface area contributed by atoms with Crippen LogP contribution in [0.5, 0.6) is 0 Å². The van der Waals surface area contributed by atoms with Crippen molar-refractivity contribution in [3.05, 3.63) is 0 Å². The number of rotatable bonds is 32. The summed E-state index contributed by atoms with van der Waals surface area (Å²) in [6.45, 7) is 5.94. The molecule has 0 aromatic rings. The van der Waals surface area contributed by atoms with Crippen LogP contribution in [0.3, 0.4) is 0 Å². The summed E-state index contributed by atoms with van der Waals surface area (Å²) in [4.78, 5) is 12.0. The van der Waals surface area contributed by atoms with Gasteiger partial charge in [-0.1, -0.05) is 187 Å². The van der Waals surface area contributed by atoms with Gasteiger partial charge in [-0.3, -0.25) is 4.79 Å². The lowest BCUT2D eigenvalue weighted by Gasteiger charge is -2.06. The third-order valence-corrected chi connectivity index (χ3v) is 7.99. The van der Waals surface area contributed by atoms with Crippen LogP contribution in [0, 0.1) is 0 Å². The minimum atomic E-state index is 0.0972. The van der Waals surface area contributed by atoms with E-state index in [9.17, 15) is 4.79 Å². The molecule has 4 heteroatoms. The standard InChI is InChI=1S/C34H69NO.C2H7NO/c1-3-5-7-9-11-13-15-17-18-19-20-21-22-24-26-28-30-32-34(36)35-33-31-29-27-25-23-16-14-12-10-8-6-4-2;3-1-2-4/h3-33H2,1-2H3,(H,35,36);4H,1-3H2. The fraction of sp³-hybridized carbons (Fsp3) is 0.972. The molecule has 0 aliphatic carbocycles. The van der Waals surface area contributed by atoms with E-state index in [1.54, 1.807) is 0 Å². The van der Waals surface area contributed by atoms with E-state index < -0.39 is 0 Å². The maximum Gasteiger partial charge on any atom is 0.219 e. The second-order valence-corrected chi connectivity index (χ2v) is 12.2. The highest BCUT2D eigenvalue weighted by molar-refractivity contribution is 5.75. The summed E-state index contributed by atoms with van der Waals surface area (Å²) >= 11 is 0. The smallest absolute Gasteiger partial charge is 0.219 e. The van der Waals surface area contributed by atoms with Gasteiger partial charge in [0.15, 0.2) is 0 Å². The van der Waals surface area contributed by atoms with Crippen LogP contribution in [-0.4, -0.2) is 30.7 Å². The Labute approximate surface area is 252 Å². The van der Waals surface area contributed by atoms with Gasteiger partial charge in [0.1, 0.15) is 0 Å². The molecule has 0 radical (unpaired) electrons. The number of aliphatic hydroxyl groups is 1. The molecule has 0 unspecified atom stereocenters. The Morgan fingerprint density at radius 2 is 0.725 bits per heavy atom. The number of carbonyl (C=O) groups excluding carboxylic acids is 1. The number of unbranched alkanes of at least 4 members (excludes halogenated alkanes) is 27. The van der Waals surface area contributed by atoms with Gasteiger partial charge in [-0.05, 0) is 12.8 Å². The molecule has 40 heavy (non-hydrogen) atoms. The lowest BCUT2D eigenvalue weighted by molar-refractivity contribution is -0.121. The van der Waals surface area contributed by atoms with Gasteiger partial charge in [-0.2, -0.15) is 0 Å². The third kappa shape index (κ3) is 41.9. The van der Waals surface area contributed by atoms with Crippen molar-refractivity contribution in [3.8, 4) is 0 Å². The first-order valence-electron chi connectivity index (χ1n) is 18.3. The molecule has 4 N–H and O–H groups in total. The molecule has 0 spiro atoms. The Kier molecular flexibility index (Phi) is 42.1. The molecule has 242 valence electrons. The topological polar surface area (TPSA) is 75.4 Å². The van der Waals surface area contributed by atoms with Crippen molar-refractivity contribution < 1.29 is 9.90 Å². The Morgan fingerprint density at radius 3 is 1.00 bits per heavy atom. The van der Waals surface area contributed by atoms with Crippen molar-refractivity contribution in [1.82, 2.24) is 5.32 Å². The fourth-order valence-electron chi connectivity index (χ4n) is 5.29. The van der Waals surface area contributed by atoms with Gasteiger partial charge in [0.25, 0.3) is 0 Å². The predicted octanol–water partition coefficient (Wildman–Crippen LogP) is 10.8. The number of nitrogens with one attached hydrogen (secondary N) is 1. The summed E-state index contributed by atoms with van der Waals surface area (Å²) in [5.41, 5.74) is 4.78. The highest BCUT2D eigenvalue weighted by Gasteiger charge is 2.01. The summed E-state index contributed by atoms with van der Waals surface area (Å²) in [7, 11) is 0. The van der Waals surface area contributed by atoms with Crippen molar-refractivity contribution in [2.75, 3.05) is 19.7 Å². The van der Waals surface area contributed by atoms with Crippen LogP contribution in [0.2, 0.25) is 0 Å². The molecular weight excluding hydrogens is 492 g/mol. The molecule has 4 nitrogen and oxygen atoms in total. The number of amides is 1. The largest absolute Gasteiger partial charge is 0.395 e. The number of aliphatic hydroxyl groups excluding tert-OH is 1. The first-order chi connectivity index (χ1) is 19.7. The van der Waals surface area contributed by atoms with Gasteiger partial charge >= 0.3 is 0 Å². The zero-order valence-electron chi connectivity index (χ0n) is 27.8. The molecule has 0 aliphatic rings. The normalized spacial score (nSPS) is 10.9. The van der Waals surface area contributed by atoms with Crippen molar-refractivity contribution in [2.45, 2.75) is 206 Å². The Bertz CT molecular complexity index is 443. The first-order valence-corrected chi connectivity index (χ1v) is 18.3. The SMILES string of the molecule is CCCCCCCCCCCCCCCCCCCC(=O)NCCCCCCCCCCCCCC.NCCO. The Balaban J connectivity index is 0. The molecule has 0 fully saturated rings. The molecule has 0 heterocycles. The average Bonchev–Trinajstić information content (AvgIpc) is 2.97. The number of hydrogen-bond acceptors (Lipinski definition) is 3. The van der Waals surface area contributed by atoms with E-state index in [0.29, 0.717) is 6.54 Å². The van der Waals surface area contributed by atoms with E-state index in [4.69, 9.17) is 10.8 Å². The van der Waals surface area contributed by atoms with Crippen molar-refractivity contribution in [3.63, 3.8) is 0 Å². The van der Waals surface area contributed by atoms with E-state index in [0.717, 1.165) is 25.8 Å². The lowest BCUT2D eigenvalue weighted by Crippen LogP contribution is -2.23. The molecule has 0 saturated carbocycles. The minimum Gasteiger partial charge on any atom is -0.395 e. The molecule has 0 aromatic heterocycles. The van der Waals surface area contributed by atoms with Gasteiger partial charge in [0, 0.05) is 19.5 Å². The summed E-state index contributed by atoms with van der Waals surface area (Å²) < 4.78 is 0. The van der Waals surface area contributed by atoms with Crippen molar-refractivity contribution >= 4 is 5.91 Å². The minimum absolute atomic E-state index is 0.0972. The summed E-state index contributed by atoms with van der Waals surface area (Å²) in [6.07, 6.45) is 40.8. The van der Waals surface area contributed by atoms with Crippen LogP contribution in [0.4, 0.5) is 0 Å². The second kappa shape index (κ2) is 40.5. The van der Waals surface area contributed by atoms with Crippen LogP contribution in [0.25, 0.3) is 0 Å². The zero-order chi connectivity index (χ0) is 29.6. The number of carbonyl (C=O) groups is 1. The highest BCUT2D eigenvalue weighted by atomic mass is 16.3. The monoisotopic (exact) mass is 569 g/mol. The maximum absolute atomic E-state index is 12.0. The summed E-state index contributed by atoms with van der Waals surface area (Å²) in [6, 6.07) is 0. The first kappa shape index (κ1) is 41.5. The van der Waals surface area contributed by atoms with Gasteiger partial charge < -0.3 is 16.2 Å². The Morgan fingerprint density at radius 1 is 0.475 bits per heavy atom. The molecule has 0 aromatic carbocycles. The van der Waals surface area contributed by atoms with E-state index in [1.165, 1.54) is 173 Å². The molecule has 0 atom stereocenters. The van der Waals surface area contributed by atoms with Gasteiger partial charge in [0.2, 0.25) is 5.91 Å². The fourth-order valence-corrected chi connectivity index (χ4v) is 5.29. The summed E-state index contributed by atoms with van der Waals surface area (Å²) in [5.74, 6) is 0.277. The quantitative estimate of drug-likeness (QED) is 0.0706.